The van der Waals surface area contributed by atoms with Crippen LogP contribution in [0.3, 0.4) is 0 Å². The van der Waals surface area contributed by atoms with Gasteiger partial charge in [0.2, 0.25) is 5.91 Å². The molecular formula is C33H38F2N2O4. The minimum absolute atomic E-state index is 0.000483. The maximum atomic E-state index is 14.0. The van der Waals surface area contributed by atoms with Gasteiger partial charge in [0.25, 0.3) is 0 Å². The number of carbonyl (C=O) groups is 3. The maximum Gasteiger partial charge on any atom is 0.354 e. The molecule has 1 aromatic heterocycles. The zero-order valence-electron chi connectivity index (χ0n) is 23.7. The van der Waals surface area contributed by atoms with Crippen LogP contribution in [-0.2, 0) is 20.7 Å². The summed E-state index contributed by atoms with van der Waals surface area (Å²) in [6.45, 7) is 4.08. The third-order valence-electron chi connectivity index (χ3n) is 9.04. The average molecular weight is 565 g/mol. The normalized spacial score (nSPS) is 23.5. The standard InChI is InChI=1S/C33H38F2N2O4/c1-3-41-33(40)29-18-25-16-21(4-13-28(25)36-29)17-30(38)31-27(23-9-11-26(35)12-10-23)14-15-37(31)32(39)24-7-5-22(6-8-24)20(2)19-34/h4,9-13,16,18,20,22,24,27,31,36H,3,5-8,14-15,17,19H2,1-2H3/t20?,22?,24?,27-,31-/m0/s1. The van der Waals surface area contributed by atoms with Crippen LogP contribution in [0.15, 0.2) is 48.5 Å². The molecule has 3 aromatic rings. The first-order valence-corrected chi connectivity index (χ1v) is 14.7. The van der Waals surface area contributed by atoms with Gasteiger partial charge in [-0.1, -0.05) is 25.1 Å². The first-order valence-electron chi connectivity index (χ1n) is 14.7. The molecule has 3 atom stereocenters. The number of amides is 1. The van der Waals surface area contributed by atoms with Gasteiger partial charge in [0.15, 0.2) is 5.78 Å². The Balaban J connectivity index is 1.37. The molecule has 1 amide bonds. The molecule has 1 unspecified atom stereocenters. The van der Waals surface area contributed by atoms with E-state index in [1.807, 2.05) is 25.1 Å². The highest BCUT2D eigenvalue weighted by Gasteiger charge is 2.44. The summed E-state index contributed by atoms with van der Waals surface area (Å²) in [5.74, 6) is -0.940. The van der Waals surface area contributed by atoms with Crippen molar-refractivity contribution >= 4 is 28.6 Å². The van der Waals surface area contributed by atoms with E-state index in [1.165, 1.54) is 12.1 Å². The van der Waals surface area contributed by atoms with Crippen LogP contribution in [0.1, 0.15) is 73.5 Å². The monoisotopic (exact) mass is 564 g/mol. The van der Waals surface area contributed by atoms with Crippen molar-refractivity contribution in [2.45, 2.75) is 64.3 Å². The number of benzene rings is 2. The number of likely N-dealkylation sites (tertiary alicyclic amines) is 1. The highest BCUT2D eigenvalue weighted by Crippen LogP contribution is 2.39. The van der Waals surface area contributed by atoms with Crippen molar-refractivity contribution in [1.29, 1.82) is 0 Å². The fourth-order valence-electron chi connectivity index (χ4n) is 6.71. The van der Waals surface area contributed by atoms with Gasteiger partial charge in [0, 0.05) is 35.7 Å². The van der Waals surface area contributed by atoms with Crippen molar-refractivity contribution in [2.24, 2.45) is 17.8 Å². The van der Waals surface area contributed by atoms with Crippen LogP contribution in [0.5, 0.6) is 0 Å². The predicted octanol–water partition coefficient (Wildman–Crippen LogP) is 6.39. The van der Waals surface area contributed by atoms with Crippen LogP contribution in [0.2, 0.25) is 0 Å². The molecule has 218 valence electrons. The predicted molar refractivity (Wildman–Crippen MR) is 153 cm³/mol. The summed E-state index contributed by atoms with van der Waals surface area (Å²) in [6, 6.07) is 12.9. The van der Waals surface area contributed by atoms with Gasteiger partial charge in [0.1, 0.15) is 11.5 Å². The fraction of sp³-hybridized carbons (Fsp3) is 0.485. The minimum Gasteiger partial charge on any atom is -0.461 e. The Kier molecular flexibility index (Phi) is 8.85. The van der Waals surface area contributed by atoms with E-state index in [2.05, 4.69) is 4.98 Å². The highest BCUT2D eigenvalue weighted by atomic mass is 19.1. The van der Waals surface area contributed by atoms with Gasteiger partial charge in [-0.15, -0.1) is 0 Å². The Labute approximate surface area is 239 Å². The van der Waals surface area contributed by atoms with Crippen molar-refractivity contribution < 1.29 is 27.9 Å². The molecule has 2 heterocycles. The number of ether oxygens (including phenoxy) is 1. The molecule has 0 spiro atoms. The van der Waals surface area contributed by atoms with Crippen LogP contribution in [-0.4, -0.2) is 53.4 Å². The Bertz CT molecular complexity index is 1390. The number of ketones is 1. The summed E-state index contributed by atoms with van der Waals surface area (Å²) < 4.78 is 32.0. The zero-order chi connectivity index (χ0) is 29.1. The van der Waals surface area contributed by atoms with E-state index in [9.17, 15) is 23.2 Å². The van der Waals surface area contributed by atoms with Gasteiger partial charge < -0.3 is 14.6 Å². The van der Waals surface area contributed by atoms with E-state index in [4.69, 9.17) is 4.74 Å². The van der Waals surface area contributed by atoms with Crippen molar-refractivity contribution in [3.8, 4) is 0 Å². The van der Waals surface area contributed by atoms with Crippen molar-refractivity contribution in [3.63, 3.8) is 0 Å². The average Bonchev–Trinajstić information content (AvgIpc) is 3.62. The number of esters is 1. The number of aromatic amines is 1. The molecule has 0 bridgehead atoms. The first-order chi connectivity index (χ1) is 19.8. The van der Waals surface area contributed by atoms with E-state index >= 15 is 0 Å². The number of hydrogen-bond donors (Lipinski definition) is 1. The molecule has 41 heavy (non-hydrogen) atoms. The number of H-pyrrole nitrogens is 1. The molecule has 2 fully saturated rings. The zero-order valence-corrected chi connectivity index (χ0v) is 23.7. The van der Waals surface area contributed by atoms with Crippen LogP contribution in [0, 0.1) is 23.6 Å². The maximum absolute atomic E-state index is 14.0. The van der Waals surface area contributed by atoms with E-state index in [0.717, 1.165) is 34.9 Å². The fourth-order valence-corrected chi connectivity index (χ4v) is 6.71. The van der Waals surface area contributed by atoms with Crippen molar-refractivity contribution in [2.75, 3.05) is 19.8 Å². The molecule has 2 aromatic carbocycles. The number of halogens is 2. The van der Waals surface area contributed by atoms with Crippen LogP contribution in [0.25, 0.3) is 10.9 Å². The number of hydrogen-bond acceptors (Lipinski definition) is 4. The summed E-state index contributed by atoms with van der Waals surface area (Å²) in [4.78, 5) is 44.8. The molecule has 8 heteroatoms. The number of alkyl halides is 1. The van der Waals surface area contributed by atoms with E-state index in [0.29, 0.717) is 37.4 Å². The van der Waals surface area contributed by atoms with Crippen LogP contribution >= 0.6 is 0 Å². The lowest BCUT2D eigenvalue weighted by molar-refractivity contribution is -0.142. The molecule has 2 aliphatic rings. The smallest absolute Gasteiger partial charge is 0.354 e. The second-order valence-corrected chi connectivity index (χ2v) is 11.6. The second-order valence-electron chi connectivity index (χ2n) is 11.6. The second kappa shape index (κ2) is 12.5. The van der Waals surface area contributed by atoms with Gasteiger partial charge in [-0.05, 0) is 92.3 Å². The number of nitrogens with one attached hydrogen (secondary N) is 1. The lowest BCUT2D eigenvalue weighted by Crippen LogP contribution is -2.46. The quantitative estimate of drug-likeness (QED) is 0.306. The molecular weight excluding hydrogens is 526 g/mol. The van der Waals surface area contributed by atoms with Gasteiger partial charge in [-0.3, -0.25) is 14.0 Å². The van der Waals surface area contributed by atoms with Crippen molar-refractivity contribution in [3.05, 3.63) is 71.2 Å². The summed E-state index contributed by atoms with van der Waals surface area (Å²) >= 11 is 0. The Morgan fingerprint density at radius 3 is 2.44 bits per heavy atom. The molecule has 1 aliphatic heterocycles. The number of fused-ring (bicyclic) bond motifs is 1. The minimum atomic E-state index is -0.646. The molecule has 1 saturated heterocycles. The molecule has 5 rings (SSSR count). The summed E-state index contributed by atoms with van der Waals surface area (Å²) in [5.41, 5.74) is 2.75. The van der Waals surface area contributed by atoms with Crippen LogP contribution < -0.4 is 0 Å². The number of aromatic nitrogens is 1. The third-order valence-corrected chi connectivity index (χ3v) is 9.04. The molecule has 1 saturated carbocycles. The molecule has 1 aliphatic carbocycles. The highest BCUT2D eigenvalue weighted by molar-refractivity contribution is 5.96. The Hall–Kier alpha value is -3.55. The van der Waals surface area contributed by atoms with Gasteiger partial charge >= 0.3 is 5.97 Å². The topological polar surface area (TPSA) is 79.5 Å². The first kappa shape index (κ1) is 29.0. The van der Waals surface area contributed by atoms with E-state index < -0.39 is 12.0 Å². The number of nitrogens with zero attached hydrogens (tertiary/aromatic N) is 1. The summed E-state index contributed by atoms with van der Waals surface area (Å²) in [5, 5.41) is 0.798. The summed E-state index contributed by atoms with van der Waals surface area (Å²) in [7, 11) is 0. The molecule has 0 radical (unpaired) electrons. The van der Waals surface area contributed by atoms with Gasteiger partial charge in [0.05, 0.1) is 19.3 Å². The Morgan fingerprint density at radius 2 is 1.76 bits per heavy atom. The third kappa shape index (κ3) is 6.21. The van der Waals surface area contributed by atoms with Crippen molar-refractivity contribution in [1.82, 2.24) is 9.88 Å². The SMILES string of the molecule is CCOC(=O)c1cc2cc(CC(=O)[C@@H]3[C@H](c4ccc(F)cc4)CCN3C(=O)C3CCC(C(C)CF)CC3)ccc2[nH]1. The molecule has 1 N–H and O–H groups in total. The molecule has 6 nitrogen and oxygen atoms in total. The lowest BCUT2D eigenvalue weighted by Gasteiger charge is -2.35. The van der Waals surface area contributed by atoms with E-state index in [-0.39, 0.29) is 55.0 Å². The number of Topliss-reactive ketones (excluding diaryl/α,β-unsaturated/α-hetero) is 1. The lowest BCUT2D eigenvalue weighted by atomic mass is 9.76. The number of carbonyl (C=O) groups excluding carboxylic acids is 3. The Morgan fingerprint density at radius 1 is 1.02 bits per heavy atom. The largest absolute Gasteiger partial charge is 0.461 e. The van der Waals surface area contributed by atoms with Gasteiger partial charge in [-0.25, -0.2) is 9.18 Å². The van der Waals surface area contributed by atoms with Gasteiger partial charge in [-0.2, -0.15) is 0 Å². The number of rotatable bonds is 9. The van der Waals surface area contributed by atoms with E-state index in [1.54, 1.807) is 30.0 Å². The van der Waals surface area contributed by atoms with Crippen LogP contribution in [0.4, 0.5) is 8.78 Å². The summed E-state index contributed by atoms with van der Waals surface area (Å²) in [6.07, 6.45) is 3.81.